The van der Waals surface area contributed by atoms with Crippen LogP contribution in [0.15, 0.2) is 61.6 Å². The van der Waals surface area contributed by atoms with Gasteiger partial charge >= 0.3 is 5.69 Å². The number of aliphatic hydroxyl groups is 1. The molecule has 188 valence electrons. The number of ether oxygens (including phenoxy) is 2. The third-order valence-electron chi connectivity index (χ3n) is 5.26. The number of anilines is 1. The lowest BCUT2D eigenvalue weighted by Crippen LogP contribution is -2.30. The number of fused-ring (bicyclic) bond motifs is 1. The van der Waals surface area contributed by atoms with E-state index in [2.05, 4.69) is 36.4 Å². The van der Waals surface area contributed by atoms with Gasteiger partial charge in [-0.3, -0.25) is 14.3 Å². The molecule has 0 bridgehead atoms. The number of halogens is 1. The highest BCUT2D eigenvalue weighted by Gasteiger charge is 2.20. The van der Waals surface area contributed by atoms with E-state index in [-0.39, 0.29) is 36.0 Å². The molecule has 0 aliphatic rings. The van der Waals surface area contributed by atoms with Gasteiger partial charge in [-0.25, -0.2) is 10.2 Å². The van der Waals surface area contributed by atoms with Crippen LogP contribution in [0.5, 0.6) is 17.2 Å². The van der Waals surface area contributed by atoms with Crippen LogP contribution >= 0.6 is 15.9 Å². The number of hydrogen-bond donors (Lipinski definition) is 4. The van der Waals surface area contributed by atoms with E-state index >= 15 is 0 Å². The number of aliphatic hydroxyl groups excluding tert-OH is 1. The first-order chi connectivity index (χ1) is 17.3. The van der Waals surface area contributed by atoms with Gasteiger partial charge in [-0.2, -0.15) is 10.1 Å². The highest BCUT2D eigenvalue weighted by Crippen LogP contribution is 2.21. The molecule has 4 rings (SSSR count). The molecule has 0 spiro atoms. The molecule has 0 aliphatic heterocycles. The first-order valence-corrected chi connectivity index (χ1v) is 11.5. The minimum Gasteiger partial charge on any atom is -0.507 e. The van der Waals surface area contributed by atoms with E-state index in [9.17, 15) is 19.8 Å². The molecule has 2 aromatic carbocycles. The molecule has 0 saturated carbocycles. The molecule has 2 aromatic heterocycles. The van der Waals surface area contributed by atoms with E-state index in [0.29, 0.717) is 17.1 Å². The fraction of sp³-hybridized carbons (Fsp3) is 0.217. The van der Waals surface area contributed by atoms with Gasteiger partial charge in [0, 0.05) is 17.1 Å². The van der Waals surface area contributed by atoms with Crippen LogP contribution in [0, 0.1) is 0 Å². The number of phenolic OH excluding ortho intramolecular Hbond substituents is 1. The summed E-state index contributed by atoms with van der Waals surface area (Å²) in [5, 5.41) is 24.8. The van der Waals surface area contributed by atoms with E-state index in [1.165, 1.54) is 28.5 Å². The summed E-state index contributed by atoms with van der Waals surface area (Å²) in [4.78, 5) is 31.3. The Bertz CT molecular complexity index is 1530. The van der Waals surface area contributed by atoms with Crippen LogP contribution in [-0.4, -0.2) is 55.4 Å². The quantitative estimate of drug-likeness (QED) is 0.179. The van der Waals surface area contributed by atoms with Gasteiger partial charge in [0.25, 0.3) is 5.56 Å². The van der Waals surface area contributed by atoms with Gasteiger partial charge in [0.15, 0.2) is 11.2 Å². The monoisotopic (exact) mass is 558 g/mol. The minimum atomic E-state index is -1.04. The second kappa shape index (κ2) is 10.7. The molecule has 4 N–H and O–H groups in total. The third kappa shape index (κ3) is 5.42. The van der Waals surface area contributed by atoms with Crippen LogP contribution in [0.2, 0.25) is 0 Å². The molecule has 4 aromatic rings. The van der Waals surface area contributed by atoms with Crippen LogP contribution in [0.25, 0.3) is 11.2 Å². The molecule has 2 heterocycles. The highest BCUT2D eigenvalue weighted by atomic mass is 79.9. The van der Waals surface area contributed by atoms with E-state index in [4.69, 9.17) is 9.47 Å². The zero-order valence-corrected chi connectivity index (χ0v) is 20.9. The molecule has 0 saturated heterocycles. The Morgan fingerprint density at radius 3 is 2.67 bits per heavy atom. The molecule has 0 aliphatic carbocycles. The molecule has 13 heteroatoms. The van der Waals surface area contributed by atoms with Gasteiger partial charge < -0.3 is 24.3 Å². The van der Waals surface area contributed by atoms with Gasteiger partial charge in [-0.05, 0) is 42.5 Å². The second-order valence-electron chi connectivity index (χ2n) is 7.75. The lowest BCUT2D eigenvalue weighted by Gasteiger charge is -2.15. The van der Waals surface area contributed by atoms with Crippen molar-refractivity contribution in [3.8, 4) is 17.2 Å². The Morgan fingerprint density at radius 1 is 1.22 bits per heavy atom. The Balaban J connectivity index is 1.60. The number of rotatable bonds is 9. The summed E-state index contributed by atoms with van der Waals surface area (Å²) >= 11 is 3.33. The largest absolute Gasteiger partial charge is 0.507 e. The molecule has 0 unspecified atom stereocenters. The number of nitrogens with zero attached hydrogens (tertiary/aromatic N) is 4. The third-order valence-corrected chi connectivity index (χ3v) is 5.75. The van der Waals surface area contributed by atoms with Crippen molar-refractivity contribution < 1.29 is 19.7 Å². The number of aromatic hydroxyl groups is 1. The first-order valence-electron chi connectivity index (χ1n) is 10.7. The van der Waals surface area contributed by atoms with Crippen LogP contribution < -0.4 is 26.1 Å². The zero-order chi connectivity index (χ0) is 25.8. The number of aromatic nitrogens is 4. The van der Waals surface area contributed by atoms with Gasteiger partial charge in [0.05, 0.1) is 19.9 Å². The Labute approximate surface area is 212 Å². The summed E-state index contributed by atoms with van der Waals surface area (Å²) in [6.07, 6.45) is 0.329. The van der Waals surface area contributed by atoms with Crippen molar-refractivity contribution >= 4 is 39.3 Å². The summed E-state index contributed by atoms with van der Waals surface area (Å²) in [5.41, 5.74) is 2.04. The number of imidazole rings is 1. The van der Waals surface area contributed by atoms with E-state index < -0.39 is 17.4 Å². The molecular formula is C23H23BrN6O6. The fourth-order valence-electron chi connectivity index (χ4n) is 3.41. The van der Waals surface area contributed by atoms with Crippen molar-refractivity contribution in [1.82, 2.24) is 19.1 Å². The van der Waals surface area contributed by atoms with Crippen molar-refractivity contribution in [2.24, 2.45) is 12.1 Å². The maximum absolute atomic E-state index is 12.6. The molecule has 1 atom stereocenters. The van der Waals surface area contributed by atoms with Gasteiger partial charge in [-0.1, -0.05) is 15.9 Å². The number of hydrogen-bond acceptors (Lipinski definition) is 9. The van der Waals surface area contributed by atoms with Crippen molar-refractivity contribution in [1.29, 1.82) is 0 Å². The maximum Gasteiger partial charge on any atom is 0.329 e. The lowest BCUT2D eigenvalue weighted by atomic mass is 10.2. The molecule has 0 fully saturated rings. The normalized spacial score (nSPS) is 12.2. The first kappa shape index (κ1) is 25.0. The van der Waals surface area contributed by atoms with Gasteiger partial charge in [-0.15, -0.1) is 0 Å². The molecule has 36 heavy (non-hydrogen) atoms. The van der Waals surface area contributed by atoms with E-state index in [1.54, 1.807) is 43.5 Å². The van der Waals surface area contributed by atoms with Crippen molar-refractivity contribution in [3.05, 3.63) is 73.3 Å². The average Bonchev–Trinajstić information content (AvgIpc) is 3.22. The van der Waals surface area contributed by atoms with Gasteiger partial charge in [0.1, 0.15) is 30.0 Å². The minimum absolute atomic E-state index is 0.0159. The number of nitrogens with one attached hydrogen (secondary N) is 2. The van der Waals surface area contributed by atoms with Crippen molar-refractivity contribution in [2.45, 2.75) is 12.6 Å². The van der Waals surface area contributed by atoms with Crippen molar-refractivity contribution in [2.75, 3.05) is 19.1 Å². The lowest BCUT2D eigenvalue weighted by molar-refractivity contribution is 0.0938. The van der Waals surface area contributed by atoms with Crippen LogP contribution in [0.4, 0.5) is 5.95 Å². The number of phenols is 1. The molecule has 12 nitrogen and oxygen atoms in total. The number of aryl methyl sites for hydroxylation is 1. The highest BCUT2D eigenvalue weighted by molar-refractivity contribution is 9.10. The van der Waals surface area contributed by atoms with E-state index in [1.807, 2.05) is 0 Å². The maximum atomic E-state index is 12.6. The average molecular weight is 559 g/mol. The Kier molecular flexibility index (Phi) is 7.41. The predicted molar refractivity (Wildman–Crippen MR) is 137 cm³/mol. The molecular weight excluding hydrogens is 536 g/mol. The summed E-state index contributed by atoms with van der Waals surface area (Å²) in [7, 11) is 3.03. The molecule has 0 amide bonds. The van der Waals surface area contributed by atoms with E-state index in [0.717, 1.165) is 4.47 Å². The van der Waals surface area contributed by atoms with Crippen LogP contribution in [0.1, 0.15) is 5.56 Å². The topological polar surface area (TPSA) is 156 Å². The van der Waals surface area contributed by atoms with Gasteiger partial charge in [0.2, 0.25) is 5.95 Å². The van der Waals surface area contributed by atoms with Crippen molar-refractivity contribution in [3.63, 3.8) is 0 Å². The number of H-pyrrole nitrogens is 1. The Hall–Kier alpha value is -4.10. The fourth-order valence-corrected chi connectivity index (χ4v) is 3.79. The smallest absolute Gasteiger partial charge is 0.329 e. The summed E-state index contributed by atoms with van der Waals surface area (Å²) in [5.74, 6) is 1.32. The summed E-state index contributed by atoms with van der Waals surface area (Å²) < 4.78 is 14.1. The zero-order valence-electron chi connectivity index (χ0n) is 19.3. The standard InChI is InChI=1S/C23H23BrN6O6/c1-29-20-19(21(33)27-23(29)34)30(11-15(31)12-36-17-6-4-16(35-2)5-7-17)22(26-20)28-25-10-13-9-14(24)3-8-18(13)32/h3-10,15,31-32H,11-12H2,1-2H3,(H,26,28)(H,27,33,34)/b25-10+/t15-/m0/s1. The van der Waals surface area contributed by atoms with Crippen LogP contribution in [-0.2, 0) is 13.6 Å². The summed E-state index contributed by atoms with van der Waals surface area (Å²) in [6, 6.07) is 11.7. The SMILES string of the molecule is COc1ccc(OC[C@@H](O)Cn2c(N/N=C/c3cc(Br)ccc3O)nc3c2c(=O)[nH]c(=O)n3C)cc1. The number of benzene rings is 2. The van der Waals surface area contributed by atoms with Crippen LogP contribution in [0.3, 0.4) is 0 Å². The summed E-state index contributed by atoms with van der Waals surface area (Å²) in [6.45, 7) is -0.168. The molecule has 0 radical (unpaired) electrons. The second-order valence-corrected chi connectivity index (χ2v) is 8.67. The number of methoxy groups -OCH3 is 1. The number of hydrazone groups is 1. The Morgan fingerprint density at radius 2 is 1.94 bits per heavy atom. The number of aromatic amines is 1. The predicted octanol–water partition coefficient (Wildman–Crippen LogP) is 1.79.